The van der Waals surface area contributed by atoms with Crippen LogP contribution in [0.4, 0.5) is 0 Å². The first-order valence-electron chi connectivity index (χ1n) is 6.02. The van der Waals surface area contributed by atoms with E-state index in [4.69, 9.17) is 0 Å². The van der Waals surface area contributed by atoms with Crippen molar-refractivity contribution in [2.75, 3.05) is 0 Å². The minimum absolute atomic E-state index is 0.147. The van der Waals surface area contributed by atoms with Gasteiger partial charge in [0.15, 0.2) is 0 Å². The summed E-state index contributed by atoms with van der Waals surface area (Å²) in [5.74, 6) is -0.147. The Labute approximate surface area is 120 Å². The summed E-state index contributed by atoms with van der Waals surface area (Å²) in [7, 11) is 1.88. The average Bonchev–Trinajstić information content (AvgIpc) is 2.77. The molecule has 0 unspecified atom stereocenters. The second-order valence-electron chi connectivity index (χ2n) is 4.15. The molecule has 0 atom stereocenters. The number of hydrogen-bond acceptors (Lipinski definition) is 3. The normalized spacial score (nSPS) is 10.5. The summed E-state index contributed by atoms with van der Waals surface area (Å²) < 4.78 is 2.31. The average molecular weight is 323 g/mol. The van der Waals surface area contributed by atoms with Gasteiger partial charge in [-0.1, -0.05) is 6.92 Å². The van der Waals surface area contributed by atoms with Crippen molar-refractivity contribution in [1.29, 1.82) is 0 Å². The lowest BCUT2D eigenvalue weighted by molar-refractivity contribution is 0.0949. The SMILES string of the molecule is CCc1nn(C)cc1CNC(=O)c1cccnc1Br. The first-order valence-corrected chi connectivity index (χ1v) is 6.81. The maximum atomic E-state index is 12.0. The molecule has 6 heteroatoms. The lowest BCUT2D eigenvalue weighted by Crippen LogP contribution is -2.23. The second kappa shape index (κ2) is 5.97. The van der Waals surface area contributed by atoms with E-state index in [-0.39, 0.29) is 5.91 Å². The lowest BCUT2D eigenvalue weighted by Gasteiger charge is -2.05. The number of carbonyl (C=O) groups excluding carboxylic acids is 1. The number of nitrogens with zero attached hydrogens (tertiary/aromatic N) is 3. The highest BCUT2D eigenvalue weighted by molar-refractivity contribution is 9.10. The number of aryl methyl sites for hydroxylation is 2. The summed E-state index contributed by atoms with van der Waals surface area (Å²) in [6, 6.07) is 3.47. The maximum Gasteiger partial charge on any atom is 0.254 e. The molecule has 0 aromatic carbocycles. The Morgan fingerprint density at radius 3 is 3.00 bits per heavy atom. The topological polar surface area (TPSA) is 59.8 Å². The van der Waals surface area contributed by atoms with Crippen LogP contribution in [0.5, 0.6) is 0 Å². The molecule has 0 spiro atoms. The molecule has 0 aliphatic carbocycles. The van der Waals surface area contributed by atoms with Gasteiger partial charge in [0.05, 0.1) is 11.3 Å². The molecule has 0 saturated heterocycles. The third-order valence-corrected chi connectivity index (χ3v) is 3.40. The maximum absolute atomic E-state index is 12.0. The quantitative estimate of drug-likeness (QED) is 0.876. The number of halogens is 1. The molecular formula is C13H15BrN4O. The van der Waals surface area contributed by atoms with Gasteiger partial charge in [-0.3, -0.25) is 9.48 Å². The first kappa shape index (κ1) is 13.7. The third-order valence-electron chi connectivity index (χ3n) is 2.77. The van der Waals surface area contributed by atoms with E-state index in [1.807, 2.05) is 20.2 Å². The molecule has 0 radical (unpaired) electrons. The largest absolute Gasteiger partial charge is 0.348 e. The molecule has 0 bridgehead atoms. The van der Waals surface area contributed by atoms with E-state index in [0.717, 1.165) is 17.7 Å². The van der Waals surface area contributed by atoms with Crippen molar-refractivity contribution in [3.05, 3.63) is 46.0 Å². The minimum Gasteiger partial charge on any atom is -0.348 e. The van der Waals surface area contributed by atoms with Crippen molar-refractivity contribution in [2.45, 2.75) is 19.9 Å². The van der Waals surface area contributed by atoms with Crippen LogP contribution in [0.15, 0.2) is 29.1 Å². The Hall–Kier alpha value is -1.69. The van der Waals surface area contributed by atoms with Crippen LogP contribution in [-0.4, -0.2) is 20.7 Å². The van der Waals surface area contributed by atoms with Crippen molar-refractivity contribution in [1.82, 2.24) is 20.1 Å². The molecule has 100 valence electrons. The van der Waals surface area contributed by atoms with Gasteiger partial charge in [0.1, 0.15) is 4.60 Å². The highest BCUT2D eigenvalue weighted by Crippen LogP contribution is 2.13. The fraction of sp³-hybridized carbons (Fsp3) is 0.308. The molecule has 19 heavy (non-hydrogen) atoms. The summed E-state index contributed by atoms with van der Waals surface area (Å²) in [6.45, 7) is 2.52. The minimum atomic E-state index is -0.147. The number of pyridine rings is 1. The zero-order valence-corrected chi connectivity index (χ0v) is 12.4. The van der Waals surface area contributed by atoms with Gasteiger partial charge in [0.2, 0.25) is 0 Å². The fourth-order valence-electron chi connectivity index (χ4n) is 1.86. The van der Waals surface area contributed by atoms with Gasteiger partial charge in [-0.15, -0.1) is 0 Å². The molecule has 0 saturated carbocycles. The molecule has 0 aliphatic heterocycles. The van der Waals surface area contributed by atoms with Gasteiger partial charge in [-0.25, -0.2) is 4.98 Å². The molecular weight excluding hydrogens is 308 g/mol. The van der Waals surface area contributed by atoms with E-state index < -0.39 is 0 Å². The Kier molecular flexibility index (Phi) is 4.31. The van der Waals surface area contributed by atoms with Gasteiger partial charge in [0.25, 0.3) is 5.91 Å². The summed E-state index contributed by atoms with van der Waals surface area (Å²) in [4.78, 5) is 16.1. The van der Waals surface area contributed by atoms with Crippen molar-refractivity contribution < 1.29 is 4.79 Å². The first-order chi connectivity index (χ1) is 9.11. The standard InChI is InChI=1S/C13H15BrN4O/c1-3-11-9(8-18(2)17-11)7-16-13(19)10-5-4-6-15-12(10)14/h4-6,8H,3,7H2,1-2H3,(H,16,19). The lowest BCUT2D eigenvalue weighted by atomic mass is 10.2. The number of carbonyl (C=O) groups is 1. The van der Waals surface area contributed by atoms with Crippen LogP contribution in [0.25, 0.3) is 0 Å². The molecule has 2 aromatic heterocycles. The van der Waals surface area contributed by atoms with Crippen molar-refractivity contribution >= 4 is 21.8 Å². The zero-order valence-electron chi connectivity index (χ0n) is 10.9. The third kappa shape index (κ3) is 3.20. The summed E-state index contributed by atoms with van der Waals surface area (Å²) >= 11 is 3.27. The van der Waals surface area contributed by atoms with Gasteiger partial charge in [0, 0.05) is 31.5 Å². The Bertz CT molecular complexity index is 594. The van der Waals surface area contributed by atoms with Crippen LogP contribution in [0.3, 0.4) is 0 Å². The van der Waals surface area contributed by atoms with Crippen molar-refractivity contribution in [3.8, 4) is 0 Å². The van der Waals surface area contributed by atoms with Gasteiger partial charge in [-0.2, -0.15) is 5.10 Å². The smallest absolute Gasteiger partial charge is 0.254 e. The molecule has 2 rings (SSSR count). The highest BCUT2D eigenvalue weighted by atomic mass is 79.9. The summed E-state index contributed by atoms with van der Waals surface area (Å²) in [5.41, 5.74) is 2.58. The molecule has 2 aromatic rings. The predicted molar refractivity (Wildman–Crippen MR) is 75.7 cm³/mol. The second-order valence-corrected chi connectivity index (χ2v) is 4.90. The number of hydrogen-bond donors (Lipinski definition) is 1. The van der Waals surface area contributed by atoms with E-state index in [2.05, 4.69) is 31.3 Å². The number of nitrogens with one attached hydrogen (secondary N) is 1. The van der Waals surface area contributed by atoms with Crippen LogP contribution in [0.2, 0.25) is 0 Å². The van der Waals surface area contributed by atoms with Gasteiger partial charge in [-0.05, 0) is 34.5 Å². The van der Waals surface area contributed by atoms with E-state index in [1.165, 1.54) is 0 Å². The highest BCUT2D eigenvalue weighted by Gasteiger charge is 2.12. The predicted octanol–water partition coefficient (Wildman–Crippen LogP) is 2.07. The Morgan fingerprint density at radius 2 is 2.32 bits per heavy atom. The Morgan fingerprint density at radius 1 is 1.53 bits per heavy atom. The van der Waals surface area contributed by atoms with Crippen LogP contribution in [0.1, 0.15) is 28.5 Å². The summed E-state index contributed by atoms with van der Waals surface area (Å²) in [6.07, 6.45) is 4.41. The van der Waals surface area contributed by atoms with E-state index in [9.17, 15) is 4.79 Å². The number of aromatic nitrogens is 3. The fourth-order valence-corrected chi connectivity index (χ4v) is 2.29. The summed E-state index contributed by atoms with van der Waals surface area (Å²) in [5, 5.41) is 7.22. The number of amides is 1. The van der Waals surface area contributed by atoms with E-state index in [1.54, 1.807) is 23.0 Å². The number of rotatable bonds is 4. The molecule has 5 nitrogen and oxygen atoms in total. The molecule has 1 N–H and O–H groups in total. The van der Waals surface area contributed by atoms with Crippen LogP contribution >= 0.6 is 15.9 Å². The van der Waals surface area contributed by atoms with Crippen molar-refractivity contribution in [3.63, 3.8) is 0 Å². The van der Waals surface area contributed by atoms with Crippen LogP contribution in [-0.2, 0) is 20.0 Å². The van der Waals surface area contributed by atoms with Crippen LogP contribution in [0, 0.1) is 0 Å². The molecule has 0 fully saturated rings. The zero-order chi connectivity index (χ0) is 13.8. The van der Waals surface area contributed by atoms with E-state index in [0.29, 0.717) is 16.7 Å². The van der Waals surface area contributed by atoms with Gasteiger partial charge >= 0.3 is 0 Å². The van der Waals surface area contributed by atoms with Gasteiger partial charge < -0.3 is 5.32 Å². The molecule has 1 amide bonds. The Balaban J connectivity index is 2.06. The molecule has 2 heterocycles. The van der Waals surface area contributed by atoms with Crippen LogP contribution < -0.4 is 5.32 Å². The molecule has 0 aliphatic rings. The van der Waals surface area contributed by atoms with E-state index >= 15 is 0 Å². The van der Waals surface area contributed by atoms with Crippen molar-refractivity contribution in [2.24, 2.45) is 7.05 Å². The monoisotopic (exact) mass is 322 g/mol.